The molecule has 1 unspecified atom stereocenters. The van der Waals surface area contributed by atoms with Gasteiger partial charge in [0.05, 0.1) is 11.4 Å². The maximum atomic E-state index is 12.7. The summed E-state index contributed by atoms with van der Waals surface area (Å²) in [6.07, 6.45) is 5.36. The highest BCUT2D eigenvalue weighted by molar-refractivity contribution is 5.55. The van der Waals surface area contributed by atoms with Crippen molar-refractivity contribution in [1.29, 1.82) is 0 Å². The summed E-state index contributed by atoms with van der Waals surface area (Å²) in [5.74, 6) is 0.662. The van der Waals surface area contributed by atoms with Gasteiger partial charge in [-0.2, -0.15) is 0 Å². The molecule has 2 atom stereocenters. The van der Waals surface area contributed by atoms with E-state index in [2.05, 4.69) is 81.1 Å². The summed E-state index contributed by atoms with van der Waals surface area (Å²) in [4.78, 5) is 33.1. The van der Waals surface area contributed by atoms with Crippen LogP contribution in [0, 0.1) is 0 Å². The monoisotopic (exact) mass is 514 g/mol. The highest BCUT2D eigenvalue weighted by atomic mass is 16.1. The molecule has 200 valence electrons. The zero-order valence-electron chi connectivity index (χ0n) is 22.8. The molecular formula is C29H38N8O. The number of piperazine rings is 2. The standard InChI is InChI=1S/C29H38N8O/c1-5-21(2)22(3)35-14-16-36(17-15-35)24-8-6-23(7-9-24)27-19-37(13-12-31-27)29-33-26(18-28(38)34(29)4)25-10-11-30-20-32-25/h5-11,18,20,22,27,31H,12-17,19H2,1-4H3/b21-5+/t22?,27-/m1/s1. The van der Waals surface area contributed by atoms with Crippen LogP contribution in [-0.4, -0.2) is 76.3 Å². The van der Waals surface area contributed by atoms with Crippen LogP contribution in [0.5, 0.6) is 0 Å². The minimum atomic E-state index is -0.0987. The van der Waals surface area contributed by atoms with Crippen molar-refractivity contribution in [3.8, 4) is 11.4 Å². The van der Waals surface area contributed by atoms with E-state index in [1.54, 1.807) is 23.9 Å². The van der Waals surface area contributed by atoms with Gasteiger partial charge in [-0.3, -0.25) is 14.3 Å². The van der Waals surface area contributed by atoms with Gasteiger partial charge in [-0.15, -0.1) is 0 Å². The molecule has 2 aromatic heterocycles. The van der Waals surface area contributed by atoms with Crippen molar-refractivity contribution in [1.82, 2.24) is 29.7 Å². The molecule has 3 aromatic rings. The molecule has 2 aliphatic rings. The summed E-state index contributed by atoms with van der Waals surface area (Å²) in [5, 5.41) is 3.65. The van der Waals surface area contributed by atoms with Crippen molar-refractivity contribution in [2.45, 2.75) is 32.9 Å². The lowest BCUT2D eigenvalue weighted by atomic mass is 10.0. The molecule has 1 aromatic carbocycles. The fraction of sp³-hybridized carbons (Fsp3) is 0.448. The summed E-state index contributed by atoms with van der Waals surface area (Å²) in [5.41, 5.74) is 5.07. The lowest BCUT2D eigenvalue weighted by Gasteiger charge is -2.39. The van der Waals surface area contributed by atoms with Gasteiger partial charge in [-0.25, -0.2) is 15.0 Å². The molecule has 38 heavy (non-hydrogen) atoms. The van der Waals surface area contributed by atoms with E-state index < -0.39 is 0 Å². The smallest absolute Gasteiger partial charge is 0.255 e. The third kappa shape index (κ3) is 5.49. The molecule has 2 aliphatic heterocycles. The highest BCUT2D eigenvalue weighted by Crippen LogP contribution is 2.25. The van der Waals surface area contributed by atoms with Crippen molar-refractivity contribution >= 4 is 11.6 Å². The summed E-state index contributed by atoms with van der Waals surface area (Å²) in [6.45, 7) is 13.2. The number of benzene rings is 1. The molecule has 2 saturated heterocycles. The predicted octanol–water partition coefficient (Wildman–Crippen LogP) is 2.86. The number of nitrogens with zero attached hydrogens (tertiary/aromatic N) is 7. The van der Waals surface area contributed by atoms with Gasteiger partial charge < -0.3 is 15.1 Å². The summed E-state index contributed by atoms with van der Waals surface area (Å²) in [7, 11) is 1.78. The first-order chi connectivity index (χ1) is 18.4. The maximum Gasteiger partial charge on any atom is 0.255 e. The molecule has 2 fully saturated rings. The molecule has 9 heteroatoms. The zero-order chi connectivity index (χ0) is 26.6. The van der Waals surface area contributed by atoms with Gasteiger partial charge in [-0.05, 0) is 44.5 Å². The van der Waals surface area contributed by atoms with Gasteiger partial charge in [0.1, 0.15) is 6.33 Å². The van der Waals surface area contributed by atoms with Crippen LogP contribution < -0.4 is 20.7 Å². The molecule has 0 amide bonds. The number of nitrogens with one attached hydrogen (secondary N) is 1. The third-order valence-corrected chi connectivity index (χ3v) is 8.05. The van der Waals surface area contributed by atoms with Crippen LogP contribution in [0.25, 0.3) is 11.4 Å². The van der Waals surface area contributed by atoms with E-state index in [0.29, 0.717) is 23.4 Å². The quantitative estimate of drug-likeness (QED) is 0.503. The first-order valence-corrected chi connectivity index (χ1v) is 13.5. The number of hydrogen-bond acceptors (Lipinski definition) is 8. The average Bonchev–Trinajstić information content (AvgIpc) is 2.98. The molecule has 4 heterocycles. The largest absolute Gasteiger partial charge is 0.369 e. The summed E-state index contributed by atoms with van der Waals surface area (Å²) >= 11 is 0. The predicted molar refractivity (Wildman–Crippen MR) is 153 cm³/mol. The average molecular weight is 515 g/mol. The SMILES string of the molecule is C/C=C(\C)C(C)N1CCN(c2ccc([C@H]3CN(c4nc(-c5ccncn5)cc(=O)n4C)CCN3)cc2)CC1. The summed E-state index contributed by atoms with van der Waals surface area (Å²) < 4.78 is 1.62. The van der Waals surface area contributed by atoms with Gasteiger partial charge >= 0.3 is 0 Å². The molecule has 0 spiro atoms. The Morgan fingerprint density at radius 3 is 2.50 bits per heavy atom. The first-order valence-electron chi connectivity index (χ1n) is 13.5. The van der Waals surface area contributed by atoms with Crippen LogP contribution in [0.1, 0.15) is 32.4 Å². The normalized spacial score (nSPS) is 20.0. The molecule has 0 bridgehead atoms. The Hall–Kier alpha value is -3.56. The molecule has 0 radical (unpaired) electrons. The van der Waals surface area contributed by atoms with Gasteiger partial charge in [0, 0.05) is 82.9 Å². The van der Waals surface area contributed by atoms with Crippen molar-refractivity contribution < 1.29 is 0 Å². The van der Waals surface area contributed by atoms with Crippen LogP contribution >= 0.6 is 0 Å². The van der Waals surface area contributed by atoms with E-state index in [0.717, 1.165) is 45.8 Å². The second-order valence-electron chi connectivity index (χ2n) is 10.2. The number of allylic oxidation sites excluding steroid dienone is 1. The molecule has 0 saturated carbocycles. The Morgan fingerprint density at radius 1 is 1.05 bits per heavy atom. The van der Waals surface area contributed by atoms with Crippen LogP contribution in [0.3, 0.4) is 0 Å². The van der Waals surface area contributed by atoms with Crippen molar-refractivity contribution in [3.05, 3.63) is 76.5 Å². The van der Waals surface area contributed by atoms with Gasteiger partial charge in [-0.1, -0.05) is 23.8 Å². The molecule has 9 nitrogen and oxygen atoms in total. The molecular weight excluding hydrogens is 476 g/mol. The molecule has 0 aliphatic carbocycles. The van der Waals surface area contributed by atoms with Crippen LogP contribution in [0.2, 0.25) is 0 Å². The van der Waals surface area contributed by atoms with Crippen LogP contribution in [0.15, 0.2) is 65.4 Å². The van der Waals surface area contributed by atoms with E-state index in [4.69, 9.17) is 4.98 Å². The van der Waals surface area contributed by atoms with Gasteiger partial charge in [0.25, 0.3) is 5.56 Å². The second kappa shape index (κ2) is 11.4. The molecule has 1 N–H and O–H groups in total. The number of rotatable bonds is 6. The van der Waals surface area contributed by atoms with E-state index in [1.165, 1.54) is 29.2 Å². The zero-order valence-corrected chi connectivity index (χ0v) is 22.8. The van der Waals surface area contributed by atoms with Crippen molar-refractivity contribution in [3.63, 3.8) is 0 Å². The Kier molecular flexibility index (Phi) is 7.85. The van der Waals surface area contributed by atoms with E-state index in [9.17, 15) is 4.79 Å². The Balaban J connectivity index is 1.27. The van der Waals surface area contributed by atoms with E-state index in [1.807, 2.05) is 0 Å². The Bertz CT molecular complexity index is 1310. The topological polar surface area (TPSA) is 82.4 Å². The maximum absolute atomic E-state index is 12.7. The number of anilines is 2. The number of hydrogen-bond donors (Lipinski definition) is 1. The van der Waals surface area contributed by atoms with Gasteiger partial charge in [0.2, 0.25) is 5.95 Å². The minimum absolute atomic E-state index is 0.0987. The second-order valence-corrected chi connectivity index (χ2v) is 10.2. The summed E-state index contributed by atoms with van der Waals surface area (Å²) in [6, 6.07) is 12.9. The van der Waals surface area contributed by atoms with E-state index >= 15 is 0 Å². The Labute approximate surface area is 224 Å². The van der Waals surface area contributed by atoms with Crippen LogP contribution in [-0.2, 0) is 7.05 Å². The van der Waals surface area contributed by atoms with Crippen molar-refractivity contribution in [2.24, 2.45) is 7.05 Å². The lowest BCUT2D eigenvalue weighted by molar-refractivity contribution is 0.219. The van der Waals surface area contributed by atoms with Crippen molar-refractivity contribution in [2.75, 3.05) is 55.6 Å². The number of aromatic nitrogens is 4. The first kappa shape index (κ1) is 26.1. The van der Waals surface area contributed by atoms with Gasteiger partial charge in [0.15, 0.2) is 0 Å². The fourth-order valence-corrected chi connectivity index (χ4v) is 5.35. The third-order valence-electron chi connectivity index (χ3n) is 8.05. The van der Waals surface area contributed by atoms with Crippen LogP contribution in [0.4, 0.5) is 11.6 Å². The minimum Gasteiger partial charge on any atom is -0.369 e. The Morgan fingerprint density at radius 2 is 1.82 bits per heavy atom. The molecule has 5 rings (SSSR count). The lowest BCUT2D eigenvalue weighted by Crippen LogP contribution is -2.50. The van der Waals surface area contributed by atoms with E-state index in [-0.39, 0.29) is 11.6 Å². The fourth-order valence-electron chi connectivity index (χ4n) is 5.35. The highest BCUT2D eigenvalue weighted by Gasteiger charge is 2.25.